The Morgan fingerprint density at radius 1 is 1.20 bits per heavy atom. The molecule has 3 aromatic rings. The van der Waals surface area contributed by atoms with E-state index in [0.29, 0.717) is 11.6 Å². The Bertz CT molecular complexity index is 1020. The van der Waals surface area contributed by atoms with E-state index in [4.69, 9.17) is 4.74 Å². The number of hydrogen-bond donors (Lipinski definition) is 1. The predicted octanol–water partition coefficient (Wildman–Crippen LogP) is 1.95. The molecule has 2 aromatic heterocycles. The average Bonchev–Trinajstić information content (AvgIpc) is 3.04. The summed E-state index contributed by atoms with van der Waals surface area (Å²) in [5.74, 6) is 0.948. The van der Waals surface area contributed by atoms with Crippen molar-refractivity contribution in [3.8, 4) is 17.6 Å². The van der Waals surface area contributed by atoms with Gasteiger partial charge in [0.25, 0.3) is 10.0 Å². The van der Waals surface area contributed by atoms with Crippen molar-refractivity contribution in [1.29, 1.82) is 5.26 Å². The first kappa shape index (κ1) is 16.5. The van der Waals surface area contributed by atoms with Gasteiger partial charge >= 0.3 is 0 Å². The van der Waals surface area contributed by atoms with Gasteiger partial charge in [0.05, 0.1) is 18.2 Å². The van der Waals surface area contributed by atoms with Crippen LogP contribution >= 0.6 is 0 Å². The Kier molecular flexibility index (Phi) is 4.36. The fraction of sp³-hybridized carbons (Fsp3) is 0.0625. The lowest BCUT2D eigenvalue weighted by Crippen LogP contribution is -2.17. The van der Waals surface area contributed by atoms with Crippen molar-refractivity contribution in [3.05, 3.63) is 60.4 Å². The van der Waals surface area contributed by atoms with Gasteiger partial charge in [-0.1, -0.05) is 6.07 Å². The summed E-state index contributed by atoms with van der Waals surface area (Å²) in [5.41, 5.74) is 0.0859. The molecule has 0 spiro atoms. The summed E-state index contributed by atoms with van der Waals surface area (Å²) in [6.45, 7) is 0. The van der Waals surface area contributed by atoms with Crippen LogP contribution in [0.2, 0.25) is 0 Å². The highest BCUT2D eigenvalue weighted by molar-refractivity contribution is 7.92. The van der Waals surface area contributed by atoms with Crippen LogP contribution in [0.1, 0.15) is 5.56 Å². The number of nitrogens with one attached hydrogen (secondary N) is 1. The Balaban J connectivity index is 2.02. The Morgan fingerprint density at radius 2 is 1.96 bits per heavy atom. The lowest BCUT2D eigenvalue weighted by atomic mass is 10.3. The van der Waals surface area contributed by atoms with Crippen LogP contribution in [0.3, 0.4) is 0 Å². The molecule has 8 nitrogen and oxygen atoms in total. The van der Waals surface area contributed by atoms with E-state index in [1.807, 2.05) is 6.07 Å². The zero-order chi connectivity index (χ0) is 17.9. The number of ether oxygens (including phenoxy) is 1. The van der Waals surface area contributed by atoms with Crippen LogP contribution in [0.25, 0.3) is 5.82 Å². The molecular weight excluding hydrogens is 342 g/mol. The van der Waals surface area contributed by atoms with Gasteiger partial charge in [-0.15, -0.1) is 0 Å². The highest BCUT2D eigenvalue weighted by atomic mass is 32.2. The Morgan fingerprint density at radius 3 is 2.56 bits per heavy atom. The van der Waals surface area contributed by atoms with Crippen molar-refractivity contribution in [1.82, 2.24) is 14.8 Å². The van der Waals surface area contributed by atoms with Crippen LogP contribution < -0.4 is 9.46 Å². The van der Waals surface area contributed by atoms with Crippen molar-refractivity contribution >= 4 is 15.8 Å². The number of anilines is 1. The lowest BCUT2D eigenvalue weighted by molar-refractivity contribution is 0.414. The molecule has 0 unspecified atom stereocenters. The molecule has 0 aliphatic heterocycles. The van der Waals surface area contributed by atoms with Gasteiger partial charge in [0.1, 0.15) is 17.4 Å². The first-order valence-electron chi connectivity index (χ1n) is 7.11. The first-order chi connectivity index (χ1) is 12.0. The molecule has 0 aliphatic rings. The van der Waals surface area contributed by atoms with E-state index in [1.54, 1.807) is 24.4 Å². The summed E-state index contributed by atoms with van der Waals surface area (Å²) in [5, 5.41) is 13.3. The van der Waals surface area contributed by atoms with Crippen LogP contribution in [0.5, 0.6) is 5.75 Å². The standard InChI is InChI=1S/C16H13N5O3S/c1-24-13-5-7-14(8-6-13)25(22,23)20-16-12(10-17)11-19-21(16)15-4-2-3-9-18-15/h2-9,11,20H,1H3. The van der Waals surface area contributed by atoms with Crippen LogP contribution in [-0.2, 0) is 10.0 Å². The molecule has 126 valence electrons. The molecule has 0 aliphatic carbocycles. The van der Waals surface area contributed by atoms with Gasteiger partial charge in [-0.2, -0.15) is 15.0 Å². The van der Waals surface area contributed by atoms with E-state index in [0.717, 1.165) is 0 Å². The maximum absolute atomic E-state index is 12.6. The van der Waals surface area contributed by atoms with Crippen molar-refractivity contribution in [2.24, 2.45) is 0 Å². The maximum Gasteiger partial charge on any atom is 0.263 e. The summed E-state index contributed by atoms with van der Waals surface area (Å²) in [6, 6.07) is 12.9. The molecule has 0 saturated heterocycles. The third kappa shape index (κ3) is 3.29. The number of methoxy groups -OCH3 is 1. The number of benzene rings is 1. The number of rotatable bonds is 5. The fourth-order valence-electron chi connectivity index (χ4n) is 2.12. The summed E-state index contributed by atoms with van der Waals surface area (Å²) >= 11 is 0. The number of nitrogens with zero attached hydrogens (tertiary/aromatic N) is 4. The monoisotopic (exact) mass is 355 g/mol. The third-order valence-electron chi connectivity index (χ3n) is 3.36. The molecule has 0 saturated carbocycles. The molecule has 0 bridgehead atoms. The molecule has 25 heavy (non-hydrogen) atoms. The van der Waals surface area contributed by atoms with Crippen molar-refractivity contribution in [2.45, 2.75) is 4.90 Å². The molecule has 9 heteroatoms. The minimum Gasteiger partial charge on any atom is -0.497 e. The average molecular weight is 355 g/mol. The van der Waals surface area contributed by atoms with Gasteiger partial charge in [-0.3, -0.25) is 4.72 Å². The number of pyridine rings is 1. The third-order valence-corrected chi connectivity index (χ3v) is 4.71. The first-order valence-corrected chi connectivity index (χ1v) is 8.60. The topological polar surface area (TPSA) is 110 Å². The van der Waals surface area contributed by atoms with Crippen molar-refractivity contribution < 1.29 is 13.2 Å². The molecular formula is C16H13N5O3S. The quantitative estimate of drug-likeness (QED) is 0.749. The normalized spacial score (nSPS) is 10.9. The van der Waals surface area contributed by atoms with Gasteiger partial charge in [0, 0.05) is 6.20 Å². The second-order valence-corrected chi connectivity index (χ2v) is 6.58. The highest BCUT2D eigenvalue weighted by Gasteiger charge is 2.21. The van der Waals surface area contributed by atoms with Gasteiger partial charge in [0.15, 0.2) is 11.6 Å². The van der Waals surface area contributed by atoms with Crippen LogP contribution in [0.4, 0.5) is 5.82 Å². The minimum atomic E-state index is -3.92. The largest absolute Gasteiger partial charge is 0.497 e. The number of sulfonamides is 1. The number of nitriles is 1. The Hall–Kier alpha value is -3.38. The number of aromatic nitrogens is 3. The summed E-state index contributed by atoms with van der Waals surface area (Å²) in [4.78, 5) is 4.16. The fourth-order valence-corrected chi connectivity index (χ4v) is 3.19. The van der Waals surface area contributed by atoms with Gasteiger partial charge in [-0.25, -0.2) is 13.4 Å². The molecule has 2 heterocycles. The van der Waals surface area contributed by atoms with Crippen LogP contribution in [0.15, 0.2) is 59.8 Å². The smallest absolute Gasteiger partial charge is 0.263 e. The van der Waals surface area contributed by atoms with Crippen LogP contribution in [-0.4, -0.2) is 30.3 Å². The lowest BCUT2D eigenvalue weighted by Gasteiger charge is -2.11. The second-order valence-electron chi connectivity index (χ2n) is 4.90. The number of hydrogen-bond acceptors (Lipinski definition) is 6. The molecule has 3 rings (SSSR count). The molecule has 0 amide bonds. The molecule has 0 radical (unpaired) electrons. The molecule has 0 atom stereocenters. The van der Waals surface area contributed by atoms with Crippen LogP contribution in [0, 0.1) is 11.3 Å². The SMILES string of the molecule is COc1ccc(S(=O)(=O)Nc2c(C#N)cnn2-c2ccccn2)cc1. The maximum atomic E-state index is 12.6. The van der Waals surface area contributed by atoms with Gasteiger partial charge in [0.2, 0.25) is 0 Å². The van der Waals surface area contributed by atoms with Gasteiger partial charge < -0.3 is 4.74 Å². The second kappa shape index (κ2) is 6.62. The Labute approximate surface area is 144 Å². The summed E-state index contributed by atoms with van der Waals surface area (Å²) in [7, 11) is -2.42. The van der Waals surface area contributed by atoms with Gasteiger partial charge in [-0.05, 0) is 36.4 Å². The van der Waals surface area contributed by atoms with E-state index < -0.39 is 10.0 Å². The molecule has 1 N–H and O–H groups in total. The molecule has 1 aromatic carbocycles. The van der Waals surface area contributed by atoms with E-state index in [2.05, 4.69) is 14.8 Å². The minimum absolute atomic E-state index is 0.0250. The van der Waals surface area contributed by atoms with Crippen molar-refractivity contribution in [2.75, 3.05) is 11.8 Å². The van der Waals surface area contributed by atoms with Crippen molar-refractivity contribution in [3.63, 3.8) is 0 Å². The highest BCUT2D eigenvalue weighted by Crippen LogP contribution is 2.23. The predicted molar refractivity (Wildman–Crippen MR) is 89.9 cm³/mol. The summed E-state index contributed by atoms with van der Waals surface area (Å²) < 4.78 is 33.9. The zero-order valence-corrected chi connectivity index (χ0v) is 13.9. The zero-order valence-electron chi connectivity index (χ0n) is 13.1. The van der Waals surface area contributed by atoms with E-state index in [1.165, 1.54) is 42.3 Å². The summed E-state index contributed by atoms with van der Waals surface area (Å²) in [6.07, 6.45) is 2.82. The van der Waals surface area contributed by atoms with E-state index in [-0.39, 0.29) is 16.3 Å². The van der Waals surface area contributed by atoms with E-state index in [9.17, 15) is 13.7 Å². The molecule has 0 fully saturated rings. The van der Waals surface area contributed by atoms with E-state index >= 15 is 0 Å².